The Balaban J connectivity index is 2.66. The van der Waals surface area contributed by atoms with Gasteiger partial charge in [-0.25, -0.2) is 4.39 Å². The molecule has 0 radical (unpaired) electrons. The third-order valence-electron chi connectivity index (χ3n) is 2.27. The van der Waals surface area contributed by atoms with Crippen molar-refractivity contribution in [2.75, 3.05) is 13.2 Å². The Morgan fingerprint density at radius 1 is 1.38 bits per heavy atom. The van der Waals surface area contributed by atoms with Crippen molar-refractivity contribution in [1.82, 2.24) is 0 Å². The first kappa shape index (κ1) is 12.9. The van der Waals surface area contributed by atoms with Crippen LogP contribution in [-0.4, -0.2) is 23.4 Å². The van der Waals surface area contributed by atoms with Gasteiger partial charge < -0.3 is 14.9 Å². The lowest BCUT2D eigenvalue weighted by atomic mass is 10.1. The monoisotopic (exact) mass is 228 g/mol. The summed E-state index contributed by atoms with van der Waals surface area (Å²) in [4.78, 5) is 0. The average Bonchev–Trinajstić information content (AvgIpc) is 2.25. The first-order valence-corrected chi connectivity index (χ1v) is 5.25. The smallest absolute Gasteiger partial charge is 0.132 e. The molecule has 2 atom stereocenters. The summed E-state index contributed by atoms with van der Waals surface area (Å²) in [7, 11) is 0. The fourth-order valence-corrected chi connectivity index (χ4v) is 1.23. The van der Waals surface area contributed by atoms with Crippen LogP contribution in [-0.2, 0) is 0 Å². The molecule has 0 amide bonds. The molecule has 1 aromatic carbocycles. The number of aliphatic hydroxyl groups excluding tert-OH is 2. The van der Waals surface area contributed by atoms with Crippen molar-refractivity contribution in [3.63, 3.8) is 0 Å². The van der Waals surface area contributed by atoms with E-state index in [2.05, 4.69) is 0 Å². The number of rotatable bonds is 5. The highest BCUT2D eigenvalue weighted by atomic mass is 19.1. The van der Waals surface area contributed by atoms with E-state index in [1.54, 1.807) is 6.07 Å². The molecule has 0 fully saturated rings. The Hall–Kier alpha value is -1.13. The molecule has 3 nitrogen and oxygen atoms in total. The van der Waals surface area contributed by atoms with Gasteiger partial charge in [-0.1, -0.05) is 6.92 Å². The van der Waals surface area contributed by atoms with Gasteiger partial charge in [-0.05, 0) is 19.1 Å². The topological polar surface area (TPSA) is 49.7 Å². The maximum absolute atomic E-state index is 13.4. The molecule has 2 N–H and O–H groups in total. The highest BCUT2D eigenvalue weighted by Gasteiger charge is 2.09. The molecule has 0 spiro atoms. The SMILES string of the molecule is CC(CO)COc1ccc([C@@H](C)O)c(F)c1. The minimum absolute atomic E-state index is 0.0134. The van der Waals surface area contributed by atoms with Gasteiger partial charge in [0, 0.05) is 24.2 Å². The van der Waals surface area contributed by atoms with Crippen molar-refractivity contribution >= 4 is 0 Å². The fraction of sp³-hybridized carbons (Fsp3) is 0.500. The van der Waals surface area contributed by atoms with Gasteiger partial charge in [0.1, 0.15) is 11.6 Å². The van der Waals surface area contributed by atoms with Crippen molar-refractivity contribution in [2.45, 2.75) is 20.0 Å². The standard InChI is InChI=1S/C12H17FO3/c1-8(6-14)7-16-10-3-4-11(9(2)15)12(13)5-10/h3-5,8-9,14-15H,6-7H2,1-2H3/t8?,9-/m1/s1. The average molecular weight is 228 g/mol. The first-order chi connectivity index (χ1) is 7.54. The van der Waals surface area contributed by atoms with Gasteiger partial charge in [-0.2, -0.15) is 0 Å². The van der Waals surface area contributed by atoms with Crippen molar-refractivity contribution in [1.29, 1.82) is 0 Å². The molecule has 4 heteroatoms. The first-order valence-electron chi connectivity index (χ1n) is 5.25. The second-order valence-electron chi connectivity index (χ2n) is 3.96. The molecule has 1 rings (SSSR count). The molecule has 16 heavy (non-hydrogen) atoms. The molecule has 0 saturated heterocycles. The molecule has 1 unspecified atom stereocenters. The highest BCUT2D eigenvalue weighted by Crippen LogP contribution is 2.21. The lowest BCUT2D eigenvalue weighted by Gasteiger charge is -2.12. The second-order valence-corrected chi connectivity index (χ2v) is 3.96. The number of aliphatic hydroxyl groups is 2. The Bertz CT molecular complexity index is 339. The van der Waals surface area contributed by atoms with E-state index in [-0.39, 0.29) is 18.1 Å². The van der Waals surface area contributed by atoms with E-state index in [4.69, 9.17) is 9.84 Å². The van der Waals surface area contributed by atoms with E-state index in [1.807, 2.05) is 6.92 Å². The molecule has 0 aromatic heterocycles. The van der Waals surface area contributed by atoms with E-state index in [9.17, 15) is 9.50 Å². The van der Waals surface area contributed by atoms with Gasteiger partial charge >= 0.3 is 0 Å². The minimum Gasteiger partial charge on any atom is -0.493 e. The van der Waals surface area contributed by atoms with Gasteiger partial charge in [0.2, 0.25) is 0 Å². The molecule has 0 bridgehead atoms. The summed E-state index contributed by atoms with van der Waals surface area (Å²) in [5.41, 5.74) is 0.252. The third-order valence-corrected chi connectivity index (χ3v) is 2.27. The van der Waals surface area contributed by atoms with Crippen LogP contribution in [0.2, 0.25) is 0 Å². The van der Waals surface area contributed by atoms with Crippen molar-refractivity contribution in [2.24, 2.45) is 5.92 Å². The van der Waals surface area contributed by atoms with Crippen molar-refractivity contribution in [3.8, 4) is 5.75 Å². The molecule has 1 aromatic rings. The number of ether oxygens (including phenoxy) is 1. The zero-order chi connectivity index (χ0) is 12.1. The quantitative estimate of drug-likeness (QED) is 0.809. The third kappa shape index (κ3) is 3.47. The summed E-state index contributed by atoms with van der Waals surface area (Å²) >= 11 is 0. The number of hydrogen-bond acceptors (Lipinski definition) is 3. The summed E-state index contributed by atoms with van der Waals surface area (Å²) < 4.78 is 18.7. The van der Waals surface area contributed by atoms with E-state index in [0.717, 1.165) is 0 Å². The molecule has 90 valence electrons. The van der Waals surface area contributed by atoms with Crippen LogP contribution < -0.4 is 4.74 Å². The van der Waals surface area contributed by atoms with Gasteiger partial charge in [0.25, 0.3) is 0 Å². The molecular weight excluding hydrogens is 211 g/mol. The van der Waals surface area contributed by atoms with Crippen LogP contribution in [0, 0.1) is 11.7 Å². The predicted octanol–water partition coefficient (Wildman–Crippen LogP) is 1.89. The maximum atomic E-state index is 13.4. The molecule has 0 heterocycles. The fourth-order valence-electron chi connectivity index (χ4n) is 1.23. The summed E-state index contributed by atoms with van der Waals surface area (Å²) in [6, 6.07) is 4.35. The Kier molecular flexibility index (Phi) is 4.71. The van der Waals surface area contributed by atoms with Crippen LogP contribution in [0.1, 0.15) is 25.5 Å². The number of halogens is 1. The largest absolute Gasteiger partial charge is 0.493 e. The number of benzene rings is 1. The Morgan fingerprint density at radius 3 is 2.56 bits per heavy atom. The minimum atomic E-state index is -0.828. The van der Waals surface area contributed by atoms with E-state index >= 15 is 0 Å². The molecule has 0 aliphatic carbocycles. The van der Waals surface area contributed by atoms with Crippen LogP contribution in [0.4, 0.5) is 4.39 Å². The van der Waals surface area contributed by atoms with Crippen LogP contribution in [0.25, 0.3) is 0 Å². The summed E-state index contributed by atoms with van der Waals surface area (Å²) in [6.07, 6.45) is -0.828. The van der Waals surface area contributed by atoms with E-state index in [0.29, 0.717) is 12.4 Å². The van der Waals surface area contributed by atoms with Crippen molar-refractivity contribution in [3.05, 3.63) is 29.6 Å². The van der Waals surface area contributed by atoms with E-state index in [1.165, 1.54) is 19.1 Å². The summed E-state index contributed by atoms with van der Waals surface area (Å²) in [6.45, 7) is 3.71. The van der Waals surface area contributed by atoms with Crippen molar-refractivity contribution < 1.29 is 19.3 Å². The molecule has 0 aliphatic rings. The van der Waals surface area contributed by atoms with Crippen LogP contribution in [0.5, 0.6) is 5.75 Å². The molecule has 0 aliphatic heterocycles. The molecular formula is C12H17FO3. The van der Waals surface area contributed by atoms with Crippen LogP contribution >= 0.6 is 0 Å². The molecule has 0 saturated carbocycles. The normalized spacial score (nSPS) is 14.6. The lowest BCUT2D eigenvalue weighted by molar-refractivity contribution is 0.173. The van der Waals surface area contributed by atoms with Gasteiger partial charge in [0.15, 0.2) is 0 Å². The van der Waals surface area contributed by atoms with Crippen LogP contribution in [0.15, 0.2) is 18.2 Å². The summed E-state index contributed by atoms with van der Waals surface area (Å²) in [5.74, 6) is -0.0640. The summed E-state index contributed by atoms with van der Waals surface area (Å²) in [5, 5.41) is 18.0. The number of hydrogen-bond donors (Lipinski definition) is 2. The second kappa shape index (κ2) is 5.82. The Labute approximate surface area is 94.5 Å². The van der Waals surface area contributed by atoms with Gasteiger partial charge in [0.05, 0.1) is 12.7 Å². The van der Waals surface area contributed by atoms with Gasteiger partial charge in [-0.3, -0.25) is 0 Å². The zero-order valence-electron chi connectivity index (χ0n) is 9.48. The maximum Gasteiger partial charge on any atom is 0.132 e. The zero-order valence-corrected chi connectivity index (χ0v) is 9.48. The predicted molar refractivity (Wildman–Crippen MR) is 58.8 cm³/mol. The van der Waals surface area contributed by atoms with Gasteiger partial charge in [-0.15, -0.1) is 0 Å². The highest BCUT2D eigenvalue weighted by molar-refractivity contribution is 5.29. The van der Waals surface area contributed by atoms with Crippen LogP contribution in [0.3, 0.4) is 0 Å². The lowest BCUT2D eigenvalue weighted by Crippen LogP contribution is -2.12. The van der Waals surface area contributed by atoms with E-state index < -0.39 is 11.9 Å². The Morgan fingerprint density at radius 2 is 2.06 bits per heavy atom.